The van der Waals surface area contributed by atoms with Gasteiger partial charge in [0.05, 0.1) is 16.9 Å². The van der Waals surface area contributed by atoms with Crippen LogP contribution in [0, 0.1) is 17.7 Å². The van der Waals surface area contributed by atoms with E-state index in [0.29, 0.717) is 47.8 Å². The van der Waals surface area contributed by atoms with E-state index >= 15 is 0 Å². The number of hydrogen-bond donors (Lipinski definition) is 3. The molecule has 2 aromatic carbocycles. The maximum Gasteiger partial charge on any atom is 0.255 e. The maximum atomic E-state index is 14.4. The summed E-state index contributed by atoms with van der Waals surface area (Å²) in [7, 11) is 0. The van der Waals surface area contributed by atoms with Crippen LogP contribution in [0.4, 0.5) is 21.6 Å². The number of para-hydroxylation sites is 1. The lowest BCUT2D eigenvalue weighted by Crippen LogP contribution is -2.52. The number of hydrogen-bond acceptors (Lipinski definition) is 11. The van der Waals surface area contributed by atoms with E-state index in [4.69, 9.17) is 0 Å². The summed E-state index contributed by atoms with van der Waals surface area (Å²) < 4.78 is 14.4. The number of phenolic OH excluding ortho intramolecular Hbond substituents is 1. The predicted octanol–water partition coefficient (Wildman–Crippen LogP) is 5.39. The molecule has 0 spiro atoms. The zero-order valence-corrected chi connectivity index (χ0v) is 34.8. The van der Waals surface area contributed by atoms with E-state index in [0.717, 1.165) is 100 Å². The molecule has 10 rings (SSSR count). The minimum absolute atomic E-state index is 0.0547. The fourth-order valence-corrected chi connectivity index (χ4v) is 11.5. The maximum absolute atomic E-state index is 14.4. The smallest absolute Gasteiger partial charge is 0.255 e. The molecule has 7 aliphatic rings. The second-order valence-electron chi connectivity index (χ2n) is 18.7. The Morgan fingerprint density at radius 1 is 0.917 bits per heavy atom. The number of carbonyl (C=O) groups excluding carboxylic acids is 3. The third-order valence-corrected chi connectivity index (χ3v) is 15.3. The topological polar surface area (TPSA) is 137 Å². The molecule has 3 atom stereocenters. The van der Waals surface area contributed by atoms with E-state index in [2.05, 4.69) is 53.4 Å². The van der Waals surface area contributed by atoms with Crippen molar-refractivity contribution in [2.45, 2.75) is 108 Å². The van der Waals surface area contributed by atoms with Gasteiger partial charge in [-0.05, 0) is 119 Å². The van der Waals surface area contributed by atoms with Crippen molar-refractivity contribution in [3.63, 3.8) is 0 Å². The van der Waals surface area contributed by atoms with Crippen molar-refractivity contribution in [1.29, 1.82) is 0 Å². The minimum atomic E-state index is -0.661. The highest BCUT2D eigenvalue weighted by Crippen LogP contribution is 2.47. The molecule has 3 amide bonds. The fourth-order valence-electron chi connectivity index (χ4n) is 11.5. The number of amides is 3. The summed E-state index contributed by atoms with van der Waals surface area (Å²) in [6.07, 6.45) is 11.3. The zero-order valence-electron chi connectivity index (χ0n) is 34.8. The Balaban J connectivity index is 0.760. The highest BCUT2D eigenvalue weighted by Gasteiger charge is 2.51. The monoisotopic (exact) mass is 819 g/mol. The van der Waals surface area contributed by atoms with Crippen LogP contribution in [0.1, 0.15) is 93.5 Å². The summed E-state index contributed by atoms with van der Waals surface area (Å²) >= 11 is 0. The van der Waals surface area contributed by atoms with Gasteiger partial charge in [-0.25, -0.2) is 4.39 Å². The van der Waals surface area contributed by atoms with E-state index in [9.17, 15) is 23.9 Å². The van der Waals surface area contributed by atoms with Crippen LogP contribution in [0.3, 0.4) is 0 Å². The van der Waals surface area contributed by atoms with Crippen molar-refractivity contribution in [1.82, 2.24) is 30.2 Å². The molecule has 1 aromatic heterocycles. The van der Waals surface area contributed by atoms with Crippen molar-refractivity contribution in [3.8, 4) is 17.0 Å². The number of aromatic nitrogens is 2. The van der Waals surface area contributed by atoms with Gasteiger partial charge in [-0.2, -0.15) is 0 Å². The molecule has 14 heteroatoms. The average Bonchev–Trinajstić information content (AvgIpc) is 3.80. The molecule has 3 aromatic rings. The highest BCUT2D eigenvalue weighted by molar-refractivity contribution is 6.05. The van der Waals surface area contributed by atoms with Gasteiger partial charge in [0.1, 0.15) is 6.04 Å². The second kappa shape index (κ2) is 15.9. The van der Waals surface area contributed by atoms with Gasteiger partial charge < -0.3 is 30.0 Å². The molecule has 0 bridgehead atoms. The molecule has 1 aliphatic carbocycles. The summed E-state index contributed by atoms with van der Waals surface area (Å²) in [5.74, 6) is 0.363. The third kappa shape index (κ3) is 7.16. The van der Waals surface area contributed by atoms with Crippen LogP contribution >= 0.6 is 0 Å². The molecule has 6 aliphatic heterocycles. The summed E-state index contributed by atoms with van der Waals surface area (Å²) in [6, 6.07) is 13.1. The van der Waals surface area contributed by atoms with Crippen molar-refractivity contribution in [2.75, 3.05) is 67.5 Å². The molecule has 1 saturated carbocycles. The van der Waals surface area contributed by atoms with Crippen LogP contribution in [0.25, 0.3) is 11.3 Å². The SMILES string of the molecule is CC[C@@]12CNc3nnc(-c4cccc(F)c4O)cc3N1C[C@H](N(CC1CCC1)C1CCN(CC3CCN(c4ccc5c(c4)C(=O)N([C@H]4CCC(=O)NC4=O)C5)CC3)CC1)C2. The fraction of sp³-hybridized carbons (Fsp3) is 0.587. The number of benzene rings is 2. The number of halogens is 1. The van der Waals surface area contributed by atoms with Gasteiger partial charge in [0.25, 0.3) is 5.91 Å². The first-order valence-corrected chi connectivity index (χ1v) is 22.5. The average molecular weight is 820 g/mol. The number of fused-ring (bicyclic) bond motifs is 4. The van der Waals surface area contributed by atoms with Gasteiger partial charge in [-0.15, -0.1) is 10.2 Å². The number of nitrogens with zero attached hydrogens (tertiary/aromatic N) is 7. The number of piperidine rings is 3. The minimum Gasteiger partial charge on any atom is -0.504 e. The first-order valence-electron chi connectivity index (χ1n) is 22.5. The number of phenols is 1. The quantitative estimate of drug-likeness (QED) is 0.228. The van der Waals surface area contributed by atoms with E-state index in [-0.39, 0.29) is 29.7 Å². The number of nitrogens with one attached hydrogen (secondary N) is 2. The van der Waals surface area contributed by atoms with Crippen molar-refractivity contribution in [2.24, 2.45) is 11.8 Å². The van der Waals surface area contributed by atoms with Gasteiger partial charge in [0.15, 0.2) is 17.4 Å². The van der Waals surface area contributed by atoms with Crippen molar-refractivity contribution < 1.29 is 23.9 Å². The van der Waals surface area contributed by atoms with E-state index in [1.807, 2.05) is 18.2 Å². The molecular weight excluding hydrogens is 762 g/mol. The number of rotatable bonds is 10. The van der Waals surface area contributed by atoms with E-state index < -0.39 is 17.6 Å². The molecule has 13 nitrogen and oxygen atoms in total. The summed E-state index contributed by atoms with van der Waals surface area (Å²) in [5, 5.41) is 25.5. The van der Waals surface area contributed by atoms with E-state index in [1.165, 1.54) is 44.7 Å². The normalized spacial score (nSPS) is 26.5. The third-order valence-electron chi connectivity index (χ3n) is 15.3. The van der Waals surface area contributed by atoms with Crippen molar-refractivity contribution in [3.05, 3.63) is 59.4 Å². The van der Waals surface area contributed by atoms with Crippen molar-refractivity contribution >= 4 is 34.9 Å². The van der Waals surface area contributed by atoms with Gasteiger partial charge in [0, 0.05) is 81.1 Å². The Morgan fingerprint density at radius 3 is 2.48 bits per heavy atom. The molecule has 318 valence electrons. The first-order chi connectivity index (χ1) is 29.2. The molecule has 4 saturated heterocycles. The molecule has 5 fully saturated rings. The number of aromatic hydroxyl groups is 1. The predicted molar refractivity (Wildman–Crippen MR) is 227 cm³/mol. The van der Waals surface area contributed by atoms with Gasteiger partial charge in [-0.1, -0.05) is 25.5 Å². The largest absolute Gasteiger partial charge is 0.504 e. The van der Waals surface area contributed by atoms with Crippen LogP contribution in [-0.2, 0) is 16.1 Å². The summed E-state index contributed by atoms with van der Waals surface area (Å²) in [6.45, 7) is 10.9. The number of anilines is 3. The number of imide groups is 1. The molecule has 7 heterocycles. The van der Waals surface area contributed by atoms with Crippen LogP contribution in [-0.4, -0.2) is 124 Å². The lowest BCUT2D eigenvalue weighted by atomic mass is 9.83. The van der Waals surface area contributed by atoms with Crippen LogP contribution in [0.5, 0.6) is 5.75 Å². The lowest BCUT2D eigenvalue weighted by Gasteiger charge is -2.45. The lowest BCUT2D eigenvalue weighted by molar-refractivity contribution is -0.136. The number of carbonyl (C=O) groups is 3. The molecule has 0 unspecified atom stereocenters. The van der Waals surface area contributed by atoms with Gasteiger partial charge in [0.2, 0.25) is 11.8 Å². The molecule has 0 radical (unpaired) electrons. The Kier molecular flexibility index (Phi) is 10.4. The Morgan fingerprint density at radius 2 is 1.73 bits per heavy atom. The zero-order chi connectivity index (χ0) is 41.1. The molecule has 3 N–H and O–H groups in total. The van der Waals surface area contributed by atoms with Crippen LogP contribution < -0.4 is 20.4 Å². The Bertz CT molecular complexity index is 2150. The Labute approximate surface area is 351 Å². The van der Waals surface area contributed by atoms with E-state index in [1.54, 1.807) is 17.0 Å². The highest BCUT2D eigenvalue weighted by atomic mass is 19.1. The summed E-state index contributed by atoms with van der Waals surface area (Å²) in [4.78, 5) is 49.9. The number of likely N-dealkylation sites (tertiary alicyclic amines) is 1. The summed E-state index contributed by atoms with van der Waals surface area (Å²) in [5.41, 5.74) is 4.47. The van der Waals surface area contributed by atoms with Crippen LogP contribution in [0.2, 0.25) is 0 Å². The molecular formula is C46H58FN9O4. The Hall–Kier alpha value is -4.82. The first kappa shape index (κ1) is 39.3. The second-order valence-corrected chi connectivity index (χ2v) is 18.7. The molecule has 60 heavy (non-hydrogen) atoms. The van der Waals surface area contributed by atoms with Gasteiger partial charge >= 0.3 is 0 Å². The van der Waals surface area contributed by atoms with Gasteiger partial charge in [-0.3, -0.25) is 24.6 Å². The van der Waals surface area contributed by atoms with Crippen LogP contribution in [0.15, 0.2) is 42.5 Å². The standard InChI is InChI=1S/C46H58FN9O4/c1-2-46-23-34(27-56(46)40-22-38(50-51-43(40)48-28-46)35-7-4-8-37(47)42(35)58)54(25-29-5-3-6-29)32-15-17-52(18-16-32)24-30-13-19-53(20-14-30)33-10-9-31-26-55(45(60)36(31)21-33)39-11-12-41(57)49-44(39)59/h4,7-10,21-22,29-30,32,34,39,58H,2-3,5-6,11-20,23-28H2,1H3,(H,48,51)(H,49,57,59)/t34-,39+,46-/m1/s1.